The van der Waals surface area contributed by atoms with Crippen molar-refractivity contribution in [3.05, 3.63) is 0 Å². The molecule has 2 aliphatic rings. The van der Waals surface area contributed by atoms with Gasteiger partial charge in [0, 0.05) is 19.0 Å². The topological polar surface area (TPSA) is 127 Å². The van der Waals surface area contributed by atoms with Crippen LogP contribution in [0.3, 0.4) is 0 Å². The van der Waals surface area contributed by atoms with Gasteiger partial charge in [-0.05, 0) is 25.7 Å². The molecule has 0 radical (unpaired) electrons. The van der Waals surface area contributed by atoms with Crippen LogP contribution in [0.5, 0.6) is 0 Å². The molecule has 8 nitrogen and oxygen atoms in total. The number of nitrogens with one attached hydrogen (secondary N) is 1. The number of rotatable bonds is 8. The molecule has 8 heteroatoms. The first-order chi connectivity index (χ1) is 13.4. The SMILES string of the molecule is CC(=O)NC(C(=O)N(C1CCCCC1)C1CCCCC1)C(O)C(O)C(O)C=O. The summed E-state index contributed by atoms with van der Waals surface area (Å²) in [6.07, 6.45) is 4.51. The minimum absolute atomic E-state index is 0.0425. The molecule has 0 aromatic carbocycles. The standard InChI is InChI=1S/C20H34N2O6/c1-13(24)21-17(19(27)18(26)16(25)12-23)20(28)22(14-8-4-2-5-9-14)15-10-6-3-7-11-15/h12,14-19,25-27H,2-11H2,1H3,(H,21,24). The first-order valence-electron chi connectivity index (χ1n) is 10.5. The van der Waals surface area contributed by atoms with Gasteiger partial charge in [0.25, 0.3) is 0 Å². The van der Waals surface area contributed by atoms with Crippen LogP contribution in [0.1, 0.15) is 71.1 Å². The average molecular weight is 398 g/mol. The summed E-state index contributed by atoms with van der Waals surface area (Å²) in [7, 11) is 0. The minimum atomic E-state index is -1.86. The molecule has 28 heavy (non-hydrogen) atoms. The maximum absolute atomic E-state index is 13.5. The van der Waals surface area contributed by atoms with Gasteiger partial charge in [-0.15, -0.1) is 0 Å². The number of aliphatic hydroxyl groups is 3. The quantitative estimate of drug-likeness (QED) is 0.435. The summed E-state index contributed by atoms with van der Waals surface area (Å²) in [4.78, 5) is 37.8. The zero-order chi connectivity index (χ0) is 20.7. The Balaban J connectivity index is 2.28. The zero-order valence-corrected chi connectivity index (χ0v) is 16.6. The molecule has 0 heterocycles. The Morgan fingerprint density at radius 1 is 0.893 bits per heavy atom. The van der Waals surface area contributed by atoms with E-state index in [1.54, 1.807) is 0 Å². The molecule has 160 valence electrons. The van der Waals surface area contributed by atoms with Gasteiger partial charge in [0.15, 0.2) is 6.29 Å². The predicted molar refractivity (Wildman–Crippen MR) is 102 cm³/mol. The molecular weight excluding hydrogens is 364 g/mol. The molecule has 0 aliphatic heterocycles. The van der Waals surface area contributed by atoms with Gasteiger partial charge in [0.05, 0.1) is 0 Å². The maximum Gasteiger partial charge on any atom is 0.248 e. The van der Waals surface area contributed by atoms with Gasteiger partial charge in [0.2, 0.25) is 11.8 Å². The number of amides is 2. The lowest BCUT2D eigenvalue weighted by Gasteiger charge is -2.44. The highest BCUT2D eigenvalue weighted by atomic mass is 16.4. The van der Waals surface area contributed by atoms with Crippen molar-refractivity contribution in [2.24, 2.45) is 0 Å². The molecule has 0 saturated heterocycles. The number of hydrogen-bond acceptors (Lipinski definition) is 6. The number of aldehydes is 1. The molecule has 2 amide bonds. The van der Waals surface area contributed by atoms with Gasteiger partial charge < -0.3 is 30.3 Å². The highest BCUT2D eigenvalue weighted by molar-refractivity contribution is 5.88. The fourth-order valence-corrected chi connectivity index (χ4v) is 4.53. The Morgan fingerprint density at radius 3 is 1.75 bits per heavy atom. The third-order valence-electron chi connectivity index (χ3n) is 6.00. The Morgan fingerprint density at radius 2 is 1.36 bits per heavy atom. The van der Waals surface area contributed by atoms with Crippen LogP contribution in [-0.4, -0.2) is 74.8 Å². The average Bonchev–Trinajstić information content (AvgIpc) is 2.72. The van der Waals surface area contributed by atoms with Crippen molar-refractivity contribution >= 4 is 18.1 Å². The number of carbonyl (C=O) groups is 3. The van der Waals surface area contributed by atoms with Crippen LogP contribution in [0.2, 0.25) is 0 Å². The van der Waals surface area contributed by atoms with E-state index in [9.17, 15) is 29.7 Å². The molecule has 0 spiro atoms. The van der Waals surface area contributed by atoms with E-state index in [4.69, 9.17) is 0 Å². The molecule has 2 aliphatic carbocycles. The van der Waals surface area contributed by atoms with Crippen LogP contribution < -0.4 is 5.32 Å². The summed E-state index contributed by atoms with van der Waals surface area (Å²) in [5.41, 5.74) is 0. The van der Waals surface area contributed by atoms with Crippen molar-refractivity contribution in [2.45, 2.75) is 108 Å². The van der Waals surface area contributed by atoms with Crippen molar-refractivity contribution in [1.29, 1.82) is 0 Å². The van der Waals surface area contributed by atoms with Gasteiger partial charge in [0.1, 0.15) is 24.4 Å². The van der Waals surface area contributed by atoms with Gasteiger partial charge in [-0.25, -0.2) is 0 Å². The summed E-state index contributed by atoms with van der Waals surface area (Å²) in [6, 6.07) is -1.33. The number of aliphatic hydroxyl groups excluding tert-OH is 3. The fourth-order valence-electron chi connectivity index (χ4n) is 4.53. The van der Waals surface area contributed by atoms with E-state index in [-0.39, 0.29) is 18.4 Å². The summed E-state index contributed by atoms with van der Waals surface area (Å²) in [6.45, 7) is 1.22. The molecule has 4 atom stereocenters. The molecular formula is C20H34N2O6. The van der Waals surface area contributed by atoms with Crippen molar-refractivity contribution in [3.63, 3.8) is 0 Å². The van der Waals surface area contributed by atoms with Gasteiger partial charge in [-0.2, -0.15) is 0 Å². The van der Waals surface area contributed by atoms with E-state index in [2.05, 4.69) is 5.32 Å². The molecule has 2 fully saturated rings. The summed E-state index contributed by atoms with van der Waals surface area (Å²) < 4.78 is 0. The number of nitrogens with zero attached hydrogens (tertiary/aromatic N) is 1. The number of hydrogen-bond donors (Lipinski definition) is 4. The molecule has 0 aromatic rings. The first kappa shape index (κ1) is 22.8. The van der Waals surface area contributed by atoms with Crippen LogP contribution in [-0.2, 0) is 14.4 Å². The molecule has 0 aromatic heterocycles. The van der Waals surface area contributed by atoms with Gasteiger partial charge in [-0.1, -0.05) is 38.5 Å². The Labute approximate surface area is 166 Å². The second-order valence-corrected chi connectivity index (χ2v) is 8.12. The lowest BCUT2D eigenvalue weighted by atomic mass is 9.87. The highest BCUT2D eigenvalue weighted by Gasteiger charge is 2.42. The summed E-state index contributed by atoms with van der Waals surface area (Å²) in [5.74, 6) is -0.976. The van der Waals surface area contributed by atoms with E-state index >= 15 is 0 Å². The lowest BCUT2D eigenvalue weighted by molar-refractivity contribution is -0.152. The van der Waals surface area contributed by atoms with Crippen LogP contribution in [0.15, 0.2) is 0 Å². The van der Waals surface area contributed by atoms with E-state index in [1.165, 1.54) is 6.92 Å². The van der Waals surface area contributed by atoms with E-state index in [0.717, 1.165) is 64.2 Å². The molecule has 4 N–H and O–H groups in total. The summed E-state index contributed by atoms with van der Waals surface area (Å²) in [5, 5.41) is 32.6. The third-order valence-corrected chi connectivity index (χ3v) is 6.00. The smallest absolute Gasteiger partial charge is 0.248 e. The molecule has 0 bridgehead atoms. The van der Waals surface area contributed by atoms with Crippen LogP contribution in [0.4, 0.5) is 0 Å². The van der Waals surface area contributed by atoms with Crippen LogP contribution in [0.25, 0.3) is 0 Å². The molecule has 2 rings (SSSR count). The van der Waals surface area contributed by atoms with Crippen molar-refractivity contribution in [2.75, 3.05) is 0 Å². The molecule has 4 unspecified atom stereocenters. The zero-order valence-electron chi connectivity index (χ0n) is 16.6. The lowest BCUT2D eigenvalue weighted by Crippen LogP contribution is -2.62. The van der Waals surface area contributed by atoms with E-state index < -0.39 is 36.2 Å². The van der Waals surface area contributed by atoms with Crippen LogP contribution in [0, 0.1) is 0 Å². The largest absolute Gasteiger partial charge is 0.388 e. The Bertz CT molecular complexity index is 513. The van der Waals surface area contributed by atoms with Gasteiger partial charge in [-0.3, -0.25) is 9.59 Å². The van der Waals surface area contributed by atoms with Crippen molar-refractivity contribution < 1.29 is 29.7 Å². The van der Waals surface area contributed by atoms with Crippen LogP contribution >= 0.6 is 0 Å². The second-order valence-electron chi connectivity index (χ2n) is 8.12. The second kappa shape index (κ2) is 10.9. The van der Waals surface area contributed by atoms with Gasteiger partial charge >= 0.3 is 0 Å². The minimum Gasteiger partial charge on any atom is -0.388 e. The van der Waals surface area contributed by atoms with Crippen molar-refractivity contribution in [1.82, 2.24) is 10.2 Å². The fraction of sp³-hybridized carbons (Fsp3) is 0.850. The van der Waals surface area contributed by atoms with Crippen molar-refractivity contribution in [3.8, 4) is 0 Å². The summed E-state index contributed by atoms with van der Waals surface area (Å²) >= 11 is 0. The molecule has 2 saturated carbocycles. The predicted octanol–water partition coefficient (Wildman–Crippen LogP) is 0.267. The Hall–Kier alpha value is -1.51. The van der Waals surface area contributed by atoms with E-state index in [0.29, 0.717) is 0 Å². The maximum atomic E-state index is 13.5. The monoisotopic (exact) mass is 398 g/mol. The first-order valence-corrected chi connectivity index (χ1v) is 10.5. The highest BCUT2D eigenvalue weighted by Crippen LogP contribution is 2.31. The Kier molecular flexibility index (Phi) is 8.85. The van der Waals surface area contributed by atoms with E-state index in [1.807, 2.05) is 4.90 Å². The normalized spacial score (nSPS) is 23.3. The number of carbonyl (C=O) groups excluding carboxylic acids is 3. The third kappa shape index (κ3) is 5.75.